The SMILES string of the molecule is CCC(C)N(C)C(=O)c1c(C)cc(C)c(S(=O)(=O)Cl)c1C. The first-order valence-corrected chi connectivity index (χ1v) is 9.15. The van der Waals surface area contributed by atoms with Crippen molar-refractivity contribution in [1.29, 1.82) is 0 Å². The molecule has 0 aliphatic heterocycles. The molecule has 0 aromatic heterocycles. The summed E-state index contributed by atoms with van der Waals surface area (Å²) < 4.78 is 23.5. The molecule has 0 saturated heterocycles. The zero-order valence-corrected chi connectivity index (χ0v) is 14.9. The van der Waals surface area contributed by atoms with Gasteiger partial charge in [0.2, 0.25) is 0 Å². The predicted octanol–water partition coefficient (Wildman–Crippen LogP) is 3.41. The second kappa shape index (κ2) is 6.36. The number of hydrogen-bond donors (Lipinski definition) is 0. The van der Waals surface area contributed by atoms with Gasteiger partial charge in [-0.05, 0) is 50.8 Å². The Bertz CT molecular complexity index is 668. The maximum atomic E-state index is 12.7. The third-order valence-corrected chi connectivity index (χ3v) is 5.51. The molecule has 0 bridgehead atoms. The first-order valence-electron chi connectivity index (χ1n) is 6.84. The van der Waals surface area contributed by atoms with Crippen molar-refractivity contribution in [1.82, 2.24) is 4.90 Å². The fourth-order valence-corrected chi connectivity index (χ4v) is 4.15. The molecule has 0 N–H and O–H groups in total. The smallest absolute Gasteiger partial charge is 0.261 e. The summed E-state index contributed by atoms with van der Waals surface area (Å²) in [5, 5.41) is 0. The number of nitrogens with zero attached hydrogens (tertiary/aromatic N) is 1. The third kappa shape index (κ3) is 3.58. The van der Waals surface area contributed by atoms with Crippen LogP contribution in [0.3, 0.4) is 0 Å². The Balaban J connectivity index is 3.55. The standard InChI is InChI=1S/C15H22ClNO3S/c1-7-11(4)17(6)15(18)13-9(2)8-10(3)14(12(13)5)21(16,19)20/h8,11H,7H2,1-6H3. The van der Waals surface area contributed by atoms with Crippen molar-refractivity contribution >= 4 is 25.6 Å². The van der Waals surface area contributed by atoms with Crippen molar-refractivity contribution in [2.24, 2.45) is 0 Å². The number of carbonyl (C=O) groups excluding carboxylic acids is 1. The van der Waals surface area contributed by atoms with Gasteiger partial charge in [0.25, 0.3) is 15.0 Å². The Morgan fingerprint density at radius 3 is 2.24 bits per heavy atom. The lowest BCUT2D eigenvalue weighted by Crippen LogP contribution is -2.35. The normalized spacial score (nSPS) is 13.1. The quantitative estimate of drug-likeness (QED) is 0.794. The molecule has 1 amide bonds. The summed E-state index contributed by atoms with van der Waals surface area (Å²) in [5.41, 5.74) is 2.15. The first-order chi connectivity index (χ1) is 9.52. The Morgan fingerprint density at radius 2 is 1.81 bits per heavy atom. The molecule has 0 spiro atoms. The fourth-order valence-electron chi connectivity index (χ4n) is 2.52. The molecule has 1 rings (SSSR count). The van der Waals surface area contributed by atoms with Crippen LogP contribution in [0.15, 0.2) is 11.0 Å². The molecular formula is C15H22ClNO3S. The van der Waals surface area contributed by atoms with Crippen molar-refractivity contribution < 1.29 is 13.2 Å². The Labute approximate surface area is 131 Å². The van der Waals surface area contributed by atoms with Crippen LogP contribution in [0.4, 0.5) is 0 Å². The van der Waals surface area contributed by atoms with Gasteiger partial charge in [-0.1, -0.05) is 13.0 Å². The average molecular weight is 332 g/mol. The molecule has 1 unspecified atom stereocenters. The molecule has 0 aliphatic carbocycles. The van der Waals surface area contributed by atoms with E-state index < -0.39 is 9.05 Å². The lowest BCUT2D eigenvalue weighted by molar-refractivity contribution is 0.0739. The Hall–Kier alpha value is -1.07. The Kier molecular flexibility index (Phi) is 5.45. The van der Waals surface area contributed by atoms with Gasteiger partial charge in [-0.25, -0.2) is 8.42 Å². The van der Waals surface area contributed by atoms with Gasteiger partial charge in [-0.2, -0.15) is 0 Å². The van der Waals surface area contributed by atoms with Gasteiger partial charge in [0.05, 0.1) is 4.90 Å². The van der Waals surface area contributed by atoms with E-state index in [2.05, 4.69) is 0 Å². The zero-order chi connectivity index (χ0) is 16.5. The van der Waals surface area contributed by atoms with Crippen LogP contribution in [0.25, 0.3) is 0 Å². The van der Waals surface area contributed by atoms with Gasteiger partial charge in [-0.15, -0.1) is 0 Å². The van der Waals surface area contributed by atoms with Crippen molar-refractivity contribution in [2.75, 3.05) is 7.05 Å². The molecule has 0 radical (unpaired) electrons. The van der Waals surface area contributed by atoms with Gasteiger partial charge in [0, 0.05) is 29.3 Å². The van der Waals surface area contributed by atoms with E-state index in [0.717, 1.165) is 12.0 Å². The second-order valence-electron chi connectivity index (χ2n) is 5.45. The van der Waals surface area contributed by atoms with Gasteiger partial charge < -0.3 is 4.90 Å². The maximum absolute atomic E-state index is 12.7. The lowest BCUT2D eigenvalue weighted by Gasteiger charge is -2.26. The number of hydrogen-bond acceptors (Lipinski definition) is 3. The number of carbonyl (C=O) groups is 1. The third-order valence-electron chi connectivity index (χ3n) is 3.93. The van der Waals surface area contributed by atoms with E-state index >= 15 is 0 Å². The van der Waals surface area contributed by atoms with E-state index in [1.165, 1.54) is 0 Å². The van der Waals surface area contributed by atoms with E-state index in [9.17, 15) is 13.2 Å². The van der Waals surface area contributed by atoms with E-state index in [0.29, 0.717) is 16.7 Å². The monoisotopic (exact) mass is 331 g/mol. The van der Waals surface area contributed by atoms with Crippen molar-refractivity contribution in [2.45, 2.75) is 52.0 Å². The molecule has 1 aromatic carbocycles. The molecule has 118 valence electrons. The van der Waals surface area contributed by atoms with Crippen LogP contribution in [-0.2, 0) is 9.05 Å². The van der Waals surface area contributed by atoms with E-state index in [1.54, 1.807) is 31.9 Å². The number of amides is 1. The predicted molar refractivity (Wildman–Crippen MR) is 85.5 cm³/mol. The second-order valence-corrected chi connectivity index (χ2v) is 7.95. The van der Waals surface area contributed by atoms with Crippen LogP contribution in [0.1, 0.15) is 47.3 Å². The van der Waals surface area contributed by atoms with E-state index in [-0.39, 0.29) is 16.8 Å². The summed E-state index contributed by atoms with van der Waals surface area (Å²) in [6.45, 7) is 9.07. The minimum Gasteiger partial charge on any atom is -0.339 e. The number of halogens is 1. The molecule has 0 saturated carbocycles. The summed E-state index contributed by atoms with van der Waals surface area (Å²) in [6.07, 6.45) is 0.826. The largest absolute Gasteiger partial charge is 0.339 e. The van der Waals surface area contributed by atoms with Crippen LogP contribution in [0.5, 0.6) is 0 Å². The first kappa shape index (κ1) is 18.0. The summed E-state index contributed by atoms with van der Waals surface area (Å²) in [6, 6.07) is 1.77. The highest BCUT2D eigenvalue weighted by molar-refractivity contribution is 8.13. The van der Waals surface area contributed by atoms with Crippen LogP contribution >= 0.6 is 10.7 Å². The van der Waals surface area contributed by atoms with Crippen molar-refractivity contribution in [3.8, 4) is 0 Å². The summed E-state index contributed by atoms with van der Waals surface area (Å²) in [5.74, 6) is -0.180. The van der Waals surface area contributed by atoms with Crippen LogP contribution < -0.4 is 0 Å². The average Bonchev–Trinajstić information content (AvgIpc) is 2.34. The van der Waals surface area contributed by atoms with Crippen LogP contribution in [-0.4, -0.2) is 32.3 Å². The highest BCUT2D eigenvalue weighted by atomic mass is 35.7. The molecular weight excluding hydrogens is 310 g/mol. The van der Waals surface area contributed by atoms with Gasteiger partial charge >= 0.3 is 0 Å². The van der Waals surface area contributed by atoms with Gasteiger partial charge in [-0.3, -0.25) is 4.79 Å². The molecule has 6 heteroatoms. The number of benzene rings is 1. The van der Waals surface area contributed by atoms with E-state index in [4.69, 9.17) is 10.7 Å². The molecule has 1 atom stereocenters. The van der Waals surface area contributed by atoms with Crippen LogP contribution in [0.2, 0.25) is 0 Å². The maximum Gasteiger partial charge on any atom is 0.261 e. The summed E-state index contributed by atoms with van der Waals surface area (Å²) in [7, 11) is 3.35. The number of rotatable bonds is 4. The van der Waals surface area contributed by atoms with Crippen molar-refractivity contribution in [3.63, 3.8) is 0 Å². The van der Waals surface area contributed by atoms with Crippen molar-refractivity contribution in [3.05, 3.63) is 28.3 Å². The Morgan fingerprint density at radius 1 is 1.29 bits per heavy atom. The minimum absolute atomic E-state index is 0.0377. The molecule has 0 fully saturated rings. The van der Waals surface area contributed by atoms with Gasteiger partial charge in [0.1, 0.15) is 0 Å². The molecule has 1 aromatic rings. The lowest BCUT2D eigenvalue weighted by atomic mass is 9.98. The molecule has 0 aliphatic rings. The van der Waals surface area contributed by atoms with Crippen LogP contribution in [0, 0.1) is 20.8 Å². The zero-order valence-electron chi connectivity index (χ0n) is 13.3. The minimum atomic E-state index is -3.89. The highest BCUT2D eigenvalue weighted by Crippen LogP contribution is 2.29. The molecule has 4 nitrogen and oxygen atoms in total. The summed E-state index contributed by atoms with van der Waals surface area (Å²) in [4.78, 5) is 14.3. The number of aryl methyl sites for hydroxylation is 2. The van der Waals surface area contributed by atoms with Gasteiger partial charge in [0.15, 0.2) is 0 Å². The highest BCUT2D eigenvalue weighted by Gasteiger charge is 2.26. The summed E-state index contributed by atoms with van der Waals surface area (Å²) >= 11 is 0. The topological polar surface area (TPSA) is 54.5 Å². The molecule has 0 heterocycles. The van der Waals surface area contributed by atoms with E-state index in [1.807, 2.05) is 20.8 Å². The molecule has 21 heavy (non-hydrogen) atoms. The fraction of sp³-hybridized carbons (Fsp3) is 0.533.